The minimum Gasteiger partial charge on any atom is -0.371 e. The molecule has 2 N–H and O–H groups in total. The van der Waals surface area contributed by atoms with Crippen LogP contribution in [0.3, 0.4) is 0 Å². The summed E-state index contributed by atoms with van der Waals surface area (Å²) in [4.78, 5) is 11.3. The van der Waals surface area contributed by atoms with Gasteiger partial charge in [0.05, 0.1) is 0 Å². The monoisotopic (exact) mass is 341 g/mol. The fourth-order valence-electron chi connectivity index (χ4n) is 3.07. The number of nitrogens with zero attached hydrogens (tertiary/aromatic N) is 5. The molecule has 3 rings (SSSR count). The molecule has 0 bridgehead atoms. The zero-order valence-corrected chi connectivity index (χ0v) is 15.0. The Kier molecular flexibility index (Phi) is 5.87. The Morgan fingerprint density at radius 3 is 2.84 bits per heavy atom. The molecule has 0 aliphatic carbocycles. The second-order valence-corrected chi connectivity index (χ2v) is 6.31. The lowest BCUT2D eigenvalue weighted by Crippen LogP contribution is -2.40. The Labute approximate surface area is 149 Å². The lowest BCUT2D eigenvalue weighted by Gasteiger charge is -2.19. The smallest absolute Gasteiger partial charge is 0.191 e. The van der Waals surface area contributed by atoms with Crippen LogP contribution in [0.5, 0.6) is 0 Å². The molecule has 134 valence electrons. The minimum absolute atomic E-state index is 0.520. The van der Waals surface area contributed by atoms with Gasteiger partial charge in [0.15, 0.2) is 5.96 Å². The molecule has 1 aromatic carbocycles. The molecule has 0 radical (unpaired) electrons. The third-order valence-corrected chi connectivity index (χ3v) is 4.49. The van der Waals surface area contributed by atoms with Crippen molar-refractivity contribution in [1.82, 2.24) is 25.4 Å². The Morgan fingerprint density at radius 2 is 2.12 bits per heavy atom. The van der Waals surface area contributed by atoms with Crippen LogP contribution in [0.15, 0.2) is 41.7 Å². The first-order valence-electron chi connectivity index (χ1n) is 8.91. The summed E-state index contributed by atoms with van der Waals surface area (Å²) >= 11 is 0. The number of hydrogen-bond acceptors (Lipinski definition) is 4. The van der Waals surface area contributed by atoms with Crippen LogP contribution in [-0.2, 0) is 13.6 Å². The largest absolute Gasteiger partial charge is 0.371 e. The molecular weight excluding hydrogens is 314 g/mol. The molecule has 0 saturated carbocycles. The van der Waals surface area contributed by atoms with Gasteiger partial charge in [-0.2, -0.15) is 5.10 Å². The van der Waals surface area contributed by atoms with E-state index in [9.17, 15) is 0 Å². The van der Waals surface area contributed by atoms with E-state index in [4.69, 9.17) is 0 Å². The number of guanidine groups is 1. The van der Waals surface area contributed by atoms with E-state index in [1.165, 1.54) is 12.1 Å². The van der Waals surface area contributed by atoms with Crippen LogP contribution in [-0.4, -0.2) is 46.9 Å². The predicted molar refractivity (Wildman–Crippen MR) is 101 cm³/mol. The molecule has 1 fully saturated rings. The lowest BCUT2D eigenvalue weighted by atomic mass is 10.1. The molecule has 1 aliphatic heterocycles. The molecule has 7 nitrogen and oxygen atoms in total. The number of anilines is 1. The van der Waals surface area contributed by atoms with Crippen molar-refractivity contribution in [2.75, 3.05) is 31.1 Å². The highest BCUT2D eigenvalue weighted by atomic mass is 15.3. The Morgan fingerprint density at radius 1 is 1.28 bits per heavy atom. The highest BCUT2D eigenvalue weighted by Gasteiger charge is 2.22. The van der Waals surface area contributed by atoms with Gasteiger partial charge >= 0.3 is 0 Å². The van der Waals surface area contributed by atoms with E-state index in [0.717, 1.165) is 38.0 Å². The maximum Gasteiger partial charge on any atom is 0.191 e. The first-order valence-corrected chi connectivity index (χ1v) is 8.91. The maximum absolute atomic E-state index is 4.61. The summed E-state index contributed by atoms with van der Waals surface area (Å²) in [7, 11) is 1.88. The van der Waals surface area contributed by atoms with Gasteiger partial charge in [-0.15, -0.1) is 0 Å². The standard InChI is InChI=1S/C18H27N7/c1-3-19-18(21-12-17-22-14-23-24(17)2)20-11-15-9-10-25(13-15)16-7-5-4-6-8-16/h4-8,14-15H,3,9-13H2,1-2H3,(H2,19,20,21). The summed E-state index contributed by atoms with van der Waals surface area (Å²) in [5.74, 6) is 2.32. The van der Waals surface area contributed by atoms with Crippen LogP contribution < -0.4 is 15.5 Å². The topological polar surface area (TPSA) is 70.4 Å². The van der Waals surface area contributed by atoms with E-state index in [-0.39, 0.29) is 0 Å². The summed E-state index contributed by atoms with van der Waals surface area (Å²) in [6, 6.07) is 10.6. The number of hydrogen-bond donors (Lipinski definition) is 2. The number of para-hydroxylation sites is 1. The van der Waals surface area contributed by atoms with Gasteiger partial charge in [0.2, 0.25) is 0 Å². The van der Waals surface area contributed by atoms with Crippen molar-refractivity contribution < 1.29 is 0 Å². The van der Waals surface area contributed by atoms with E-state index in [0.29, 0.717) is 12.5 Å². The van der Waals surface area contributed by atoms with Gasteiger partial charge in [0.25, 0.3) is 0 Å². The van der Waals surface area contributed by atoms with Crippen molar-refractivity contribution in [1.29, 1.82) is 0 Å². The molecule has 2 heterocycles. The minimum atomic E-state index is 0.520. The zero-order valence-electron chi connectivity index (χ0n) is 15.0. The fourth-order valence-corrected chi connectivity index (χ4v) is 3.07. The van der Waals surface area contributed by atoms with Crippen LogP contribution in [0.25, 0.3) is 0 Å². The third kappa shape index (κ3) is 4.71. The molecule has 1 saturated heterocycles. The average Bonchev–Trinajstić information content (AvgIpc) is 3.27. The van der Waals surface area contributed by atoms with Crippen molar-refractivity contribution in [2.45, 2.75) is 19.9 Å². The Hall–Kier alpha value is -2.57. The third-order valence-electron chi connectivity index (χ3n) is 4.49. The van der Waals surface area contributed by atoms with Crippen molar-refractivity contribution in [3.63, 3.8) is 0 Å². The molecule has 2 aromatic rings. The number of nitrogens with one attached hydrogen (secondary N) is 2. The van der Waals surface area contributed by atoms with Crippen molar-refractivity contribution in [3.05, 3.63) is 42.5 Å². The number of aliphatic imine (C=N–C) groups is 1. The Balaban J connectivity index is 1.51. The van der Waals surface area contributed by atoms with E-state index < -0.39 is 0 Å². The summed E-state index contributed by atoms with van der Waals surface area (Å²) < 4.78 is 1.75. The van der Waals surface area contributed by atoms with Crippen LogP contribution in [0.4, 0.5) is 5.69 Å². The van der Waals surface area contributed by atoms with Crippen LogP contribution >= 0.6 is 0 Å². The molecule has 0 amide bonds. The number of rotatable bonds is 6. The van der Waals surface area contributed by atoms with Gasteiger partial charge in [-0.05, 0) is 31.4 Å². The summed E-state index contributed by atoms with van der Waals surface area (Å²) in [5, 5.41) is 10.8. The van der Waals surface area contributed by atoms with Gasteiger partial charge in [-0.25, -0.2) is 9.98 Å². The average molecular weight is 341 g/mol. The van der Waals surface area contributed by atoms with Crippen LogP contribution in [0, 0.1) is 5.92 Å². The highest BCUT2D eigenvalue weighted by Crippen LogP contribution is 2.22. The Bertz CT molecular complexity index is 680. The second kappa shape index (κ2) is 8.50. The quantitative estimate of drug-likeness (QED) is 0.614. The molecule has 1 atom stereocenters. The first-order chi connectivity index (χ1) is 12.3. The molecule has 0 spiro atoms. The summed E-state index contributed by atoms with van der Waals surface area (Å²) in [5.41, 5.74) is 1.31. The number of benzene rings is 1. The summed E-state index contributed by atoms with van der Waals surface area (Å²) in [6.45, 7) is 6.56. The van der Waals surface area contributed by atoms with Crippen LogP contribution in [0.1, 0.15) is 19.2 Å². The predicted octanol–water partition coefficient (Wildman–Crippen LogP) is 1.40. The van der Waals surface area contributed by atoms with E-state index in [1.54, 1.807) is 11.0 Å². The second-order valence-electron chi connectivity index (χ2n) is 6.31. The molecule has 1 unspecified atom stereocenters. The molecule has 1 aromatic heterocycles. The van der Waals surface area contributed by atoms with Crippen molar-refractivity contribution >= 4 is 11.6 Å². The fraction of sp³-hybridized carbons (Fsp3) is 0.500. The van der Waals surface area contributed by atoms with E-state index in [1.807, 2.05) is 7.05 Å². The number of aromatic nitrogens is 3. The van der Waals surface area contributed by atoms with Crippen molar-refractivity contribution in [3.8, 4) is 0 Å². The van der Waals surface area contributed by atoms with Gasteiger partial charge in [0.1, 0.15) is 18.7 Å². The number of aryl methyl sites for hydroxylation is 1. The van der Waals surface area contributed by atoms with E-state index in [2.05, 4.69) is 67.9 Å². The SMILES string of the molecule is CCNC(=NCc1ncnn1C)NCC1CCN(c2ccccc2)C1. The van der Waals surface area contributed by atoms with E-state index >= 15 is 0 Å². The van der Waals surface area contributed by atoms with Gasteiger partial charge in [-0.1, -0.05) is 18.2 Å². The molecule has 1 aliphatic rings. The van der Waals surface area contributed by atoms with Gasteiger partial charge < -0.3 is 15.5 Å². The zero-order chi connectivity index (χ0) is 17.5. The maximum atomic E-state index is 4.61. The molecular formula is C18H27N7. The molecule has 7 heteroatoms. The molecule has 25 heavy (non-hydrogen) atoms. The van der Waals surface area contributed by atoms with Crippen LogP contribution in [0.2, 0.25) is 0 Å². The summed E-state index contributed by atoms with van der Waals surface area (Å²) in [6.07, 6.45) is 2.76. The lowest BCUT2D eigenvalue weighted by molar-refractivity contribution is 0.565. The van der Waals surface area contributed by atoms with Gasteiger partial charge in [-0.3, -0.25) is 4.68 Å². The van der Waals surface area contributed by atoms with Gasteiger partial charge in [0, 0.05) is 38.9 Å². The first kappa shape index (κ1) is 17.3. The highest BCUT2D eigenvalue weighted by molar-refractivity contribution is 5.79. The normalized spacial score (nSPS) is 17.8. The van der Waals surface area contributed by atoms with Crippen molar-refractivity contribution in [2.24, 2.45) is 18.0 Å².